The Morgan fingerprint density at radius 3 is 3.00 bits per heavy atom. The minimum atomic E-state index is -0.0666. The van der Waals surface area contributed by atoms with Gasteiger partial charge in [0.1, 0.15) is 0 Å². The van der Waals surface area contributed by atoms with E-state index >= 15 is 0 Å². The molecule has 1 aliphatic rings. The summed E-state index contributed by atoms with van der Waals surface area (Å²) in [6.45, 7) is 1.81. The molecule has 1 heterocycles. The van der Waals surface area contributed by atoms with Crippen LogP contribution in [0, 0.1) is 0 Å². The Kier molecular flexibility index (Phi) is 3.84. The predicted molar refractivity (Wildman–Crippen MR) is 67.9 cm³/mol. The summed E-state index contributed by atoms with van der Waals surface area (Å²) in [6.07, 6.45) is 0.982. The fourth-order valence-corrected chi connectivity index (χ4v) is 2.11. The van der Waals surface area contributed by atoms with Gasteiger partial charge in [0.05, 0.1) is 5.02 Å². The first-order valence-corrected chi connectivity index (χ1v) is 6.30. The van der Waals surface area contributed by atoms with E-state index < -0.39 is 0 Å². The lowest BCUT2D eigenvalue weighted by atomic mass is 10.2. The van der Waals surface area contributed by atoms with E-state index in [1.807, 2.05) is 0 Å². The van der Waals surface area contributed by atoms with Crippen molar-refractivity contribution < 1.29 is 4.79 Å². The summed E-state index contributed by atoms with van der Waals surface area (Å²) in [7, 11) is 0. The molecule has 0 radical (unpaired) electrons. The fraction of sp³-hybridized carbons (Fsp3) is 0.364. The molecular weight excluding hydrogens is 291 g/mol. The van der Waals surface area contributed by atoms with Crippen LogP contribution in [0.5, 0.6) is 0 Å². The summed E-state index contributed by atoms with van der Waals surface area (Å²) >= 11 is 9.23. The highest BCUT2D eigenvalue weighted by Gasteiger charge is 2.17. The van der Waals surface area contributed by atoms with Gasteiger partial charge in [-0.25, -0.2) is 0 Å². The van der Waals surface area contributed by atoms with Crippen molar-refractivity contribution in [1.29, 1.82) is 0 Å². The second kappa shape index (κ2) is 5.17. The van der Waals surface area contributed by atoms with Gasteiger partial charge in [0.2, 0.25) is 0 Å². The number of nitrogens with one attached hydrogen (secondary N) is 2. The zero-order valence-electron chi connectivity index (χ0n) is 8.59. The van der Waals surface area contributed by atoms with Crippen LogP contribution in [0.2, 0.25) is 5.02 Å². The third kappa shape index (κ3) is 2.75. The van der Waals surface area contributed by atoms with Crippen molar-refractivity contribution in [2.45, 2.75) is 12.5 Å². The largest absolute Gasteiger partial charge is 0.348 e. The first kappa shape index (κ1) is 11.9. The lowest BCUT2D eigenvalue weighted by Crippen LogP contribution is -2.36. The maximum absolute atomic E-state index is 11.9. The predicted octanol–water partition coefficient (Wildman–Crippen LogP) is 2.19. The Morgan fingerprint density at radius 2 is 2.38 bits per heavy atom. The standard InChI is InChI=1S/C11H12BrClN2O/c12-9-2-1-7(5-10(9)13)11(16)15-8-3-4-14-6-8/h1-2,5,8,14H,3-4,6H2,(H,15,16). The molecule has 5 heteroatoms. The summed E-state index contributed by atoms with van der Waals surface area (Å²) < 4.78 is 0.799. The molecular formula is C11H12BrClN2O. The topological polar surface area (TPSA) is 41.1 Å². The maximum atomic E-state index is 11.9. The van der Waals surface area contributed by atoms with Crippen LogP contribution in [0.3, 0.4) is 0 Å². The molecule has 1 saturated heterocycles. The number of rotatable bonds is 2. The minimum absolute atomic E-state index is 0.0666. The molecule has 1 fully saturated rings. The molecule has 0 bridgehead atoms. The third-order valence-corrected chi connectivity index (χ3v) is 3.81. The molecule has 1 atom stereocenters. The summed E-state index contributed by atoms with van der Waals surface area (Å²) in [5.74, 6) is -0.0666. The molecule has 3 nitrogen and oxygen atoms in total. The van der Waals surface area contributed by atoms with Crippen molar-refractivity contribution in [2.24, 2.45) is 0 Å². The van der Waals surface area contributed by atoms with Gasteiger partial charge in [0.25, 0.3) is 5.91 Å². The van der Waals surface area contributed by atoms with Crippen LogP contribution in [-0.4, -0.2) is 25.0 Å². The lowest BCUT2D eigenvalue weighted by Gasteiger charge is -2.11. The molecule has 0 saturated carbocycles. The van der Waals surface area contributed by atoms with E-state index in [9.17, 15) is 4.79 Å². The van der Waals surface area contributed by atoms with E-state index in [-0.39, 0.29) is 11.9 Å². The van der Waals surface area contributed by atoms with Gasteiger partial charge in [-0.15, -0.1) is 0 Å². The third-order valence-electron chi connectivity index (χ3n) is 2.58. The Morgan fingerprint density at radius 1 is 1.56 bits per heavy atom. The molecule has 1 aromatic carbocycles. The summed E-state index contributed by atoms with van der Waals surface area (Å²) in [5, 5.41) is 6.72. The van der Waals surface area contributed by atoms with Crippen LogP contribution in [0.15, 0.2) is 22.7 Å². The highest BCUT2D eigenvalue weighted by Crippen LogP contribution is 2.23. The molecule has 2 N–H and O–H groups in total. The van der Waals surface area contributed by atoms with Gasteiger partial charge in [-0.2, -0.15) is 0 Å². The Bertz CT molecular complexity index is 405. The van der Waals surface area contributed by atoms with E-state index in [1.54, 1.807) is 18.2 Å². The molecule has 0 spiro atoms. The number of carbonyl (C=O) groups excluding carboxylic acids is 1. The number of benzene rings is 1. The molecule has 0 aromatic heterocycles. The summed E-state index contributed by atoms with van der Waals surface area (Å²) in [5.41, 5.74) is 0.597. The van der Waals surface area contributed by atoms with Crippen LogP contribution in [0.25, 0.3) is 0 Å². The molecule has 1 amide bonds. The first-order chi connectivity index (χ1) is 7.66. The smallest absolute Gasteiger partial charge is 0.251 e. The summed E-state index contributed by atoms with van der Waals surface area (Å²) in [4.78, 5) is 11.9. The minimum Gasteiger partial charge on any atom is -0.348 e. The summed E-state index contributed by atoms with van der Waals surface area (Å²) in [6, 6.07) is 5.44. The lowest BCUT2D eigenvalue weighted by molar-refractivity contribution is 0.0940. The van der Waals surface area contributed by atoms with E-state index in [0.29, 0.717) is 10.6 Å². The Hall–Kier alpha value is -0.580. The van der Waals surface area contributed by atoms with Crippen LogP contribution in [0.1, 0.15) is 16.8 Å². The van der Waals surface area contributed by atoms with E-state index in [1.165, 1.54) is 0 Å². The average Bonchev–Trinajstić information content (AvgIpc) is 2.74. The average molecular weight is 304 g/mol. The van der Waals surface area contributed by atoms with Crippen LogP contribution in [0.4, 0.5) is 0 Å². The van der Waals surface area contributed by atoms with Crippen molar-refractivity contribution in [3.8, 4) is 0 Å². The van der Waals surface area contributed by atoms with Crippen molar-refractivity contribution in [3.05, 3.63) is 33.3 Å². The molecule has 2 rings (SSSR count). The second-order valence-electron chi connectivity index (χ2n) is 3.79. The normalized spacial score (nSPS) is 19.8. The highest BCUT2D eigenvalue weighted by molar-refractivity contribution is 9.10. The molecule has 16 heavy (non-hydrogen) atoms. The number of hydrogen-bond donors (Lipinski definition) is 2. The van der Waals surface area contributed by atoms with Crippen molar-refractivity contribution >= 4 is 33.4 Å². The van der Waals surface area contributed by atoms with Crippen LogP contribution >= 0.6 is 27.5 Å². The van der Waals surface area contributed by atoms with Crippen molar-refractivity contribution in [3.63, 3.8) is 0 Å². The molecule has 0 aliphatic carbocycles. The molecule has 1 aromatic rings. The van der Waals surface area contributed by atoms with E-state index in [4.69, 9.17) is 11.6 Å². The van der Waals surface area contributed by atoms with Gasteiger partial charge in [-0.05, 0) is 47.1 Å². The highest BCUT2D eigenvalue weighted by atomic mass is 79.9. The van der Waals surface area contributed by atoms with Crippen LogP contribution in [-0.2, 0) is 0 Å². The zero-order chi connectivity index (χ0) is 11.5. The van der Waals surface area contributed by atoms with E-state index in [2.05, 4.69) is 26.6 Å². The zero-order valence-corrected chi connectivity index (χ0v) is 10.9. The van der Waals surface area contributed by atoms with Gasteiger partial charge >= 0.3 is 0 Å². The Balaban J connectivity index is 2.05. The Labute approximate surface area is 108 Å². The van der Waals surface area contributed by atoms with Gasteiger partial charge < -0.3 is 10.6 Å². The van der Waals surface area contributed by atoms with Gasteiger partial charge in [0, 0.05) is 22.6 Å². The number of carbonyl (C=O) groups is 1. The molecule has 86 valence electrons. The van der Waals surface area contributed by atoms with Crippen molar-refractivity contribution in [1.82, 2.24) is 10.6 Å². The SMILES string of the molecule is O=C(NC1CCNC1)c1ccc(Br)c(Cl)c1. The first-order valence-electron chi connectivity index (χ1n) is 5.13. The quantitative estimate of drug-likeness (QED) is 0.879. The maximum Gasteiger partial charge on any atom is 0.251 e. The van der Waals surface area contributed by atoms with Crippen molar-refractivity contribution in [2.75, 3.05) is 13.1 Å². The van der Waals surface area contributed by atoms with Gasteiger partial charge in [0.15, 0.2) is 0 Å². The van der Waals surface area contributed by atoms with E-state index in [0.717, 1.165) is 24.0 Å². The number of halogens is 2. The second-order valence-corrected chi connectivity index (χ2v) is 5.05. The molecule has 1 aliphatic heterocycles. The fourth-order valence-electron chi connectivity index (χ4n) is 1.68. The molecule has 1 unspecified atom stereocenters. The number of hydrogen-bond acceptors (Lipinski definition) is 2. The van der Waals surface area contributed by atoms with Gasteiger partial charge in [-0.3, -0.25) is 4.79 Å². The monoisotopic (exact) mass is 302 g/mol. The number of amides is 1. The van der Waals surface area contributed by atoms with Crippen LogP contribution < -0.4 is 10.6 Å². The van der Waals surface area contributed by atoms with Gasteiger partial charge in [-0.1, -0.05) is 11.6 Å².